The highest BCUT2D eigenvalue weighted by molar-refractivity contribution is 5.39. The minimum Gasteiger partial charge on any atom is -0.493 e. The predicted molar refractivity (Wildman–Crippen MR) is 77.7 cm³/mol. The Morgan fingerprint density at radius 3 is 2.84 bits per heavy atom. The van der Waals surface area contributed by atoms with Gasteiger partial charge in [-0.15, -0.1) is 0 Å². The quantitative estimate of drug-likeness (QED) is 0.769. The van der Waals surface area contributed by atoms with Crippen LogP contribution in [0, 0.1) is 0 Å². The van der Waals surface area contributed by atoms with Crippen molar-refractivity contribution < 1.29 is 9.47 Å². The summed E-state index contributed by atoms with van der Waals surface area (Å²) in [5.74, 6) is 1.04. The number of ether oxygens (including phenoxy) is 2. The Labute approximate surface area is 116 Å². The van der Waals surface area contributed by atoms with E-state index in [9.17, 15) is 0 Å². The van der Waals surface area contributed by atoms with Crippen molar-refractivity contribution in [3.05, 3.63) is 29.3 Å². The van der Waals surface area contributed by atoms with Crippen molar-refractivity contribution in [2.75, 3.05) is 19.8 Å². The molecule has 1 heterocycles. The summed E-state index contributed by atoms with van der Waals surface area (Å²) >= 11 is 0. The highest BCUT2D eigenvalue weighted by atomic mass is 16.5. The van der Waals surface area contributed by atoms with E-state index in [2.05, 4.69) is 32.0 Å². The van der Waals surface area contributed by atoms with Gasteiger partial charge in [-0.1, -0.05) is 26.0 Å². The molecule has 1 aliphatic rings. The molecule has 0 saturated carbocycles. The van der Waals surface area contributed by atoms with E-state index in [1.807, 2.05) is 0 Å². The maximum atomic E-state index is 6.21. The molecule has 0 aliphatic carbocycles. The molecule has 0 radical (unpaired) electrons. The Hall–Kier alpha value is -1.06. The smallest absolute Gasteiger partial charge is 0.122 e. The zero-order chi connectivity index (χ0) is 13.7. The molecule has 0 atom stereocenters. The Bertz CT molecular complexity index is 413. The lowest BCUT2D eigenvalue weighted by Crippen LogP contribution is -2.43. The summed E-state index contributed by atoms with van der Waals surface area (Å²) in [4.78, 5) is 0. The zero-order valence-electron chi connectivity index (χ0n) is 12.1. The van der Waals surface area contributed by atoms with Gasteiger partial charge >= 0.3 is 0 Å². The lowest BCUT2D eigenvalue weighted by atomic mass is 9.96. The molecular weight excluding hydrogens is 238 g/mol. The van der Waals surface area contributed by atoms with E-state index in [-0.39, 0.29) is 5.54 Å². The Balaban J connectivity index is 1.77. The van der Waals surface area contributed by atoms with Crippen LogP contribution in [0.3, 0.4) is 0 Å². The van der Waals surface area contributed by atoms with E-state index in [4.69, 9.17) is 15.2 Å². The highest BCUT2D eigenvalue weighted by Crippen LogP contribution is 2.26. The van der Waals surface area contributed by atoms with Gasteiger partial charge in [-0.2, -0.15) is 0 Å². The molecule has 0 fully saturated rings. The summed E-state index contributed by atoms with van der Waals surface area (Å²) in [6.45, 7) is 6.44. The molecule has 106 valence electrons. The third-order valence-corrected chi connectivity index (χ3v) is 4.09. The average molecular weight is 263 g/mol. The highest BCUT2D eigenvalue weighted by Gasteiger charge is 2.20. The van der Waals surface area contributed by atoms with Crippen LogP contribution in [-0.4, -0.2) is 25.4 Å². The van der Waals surface area contributed by atoms with Crippen molar-refractivity contribution in [1.82, 2.24) is 0 Å². The van der Waals surface area contributed by atoms with Crippen LogP contribution in [0.1, 0.15) is 37.8 Å². The van der Waals surface area contributed by atoms with Crippen LogP contribution in [0.25, 0.3) is 0 Å². The molecule has 2 rings (SSSR count). The monoisotopic (exact) mass is 263 g/mol. The van der Waals surface area contributed by atoms with Crippen molar-refractivity contribution in [2.24, 2.45) is 5.73 Å². The predicted octanol–water partition coefficient (Wildman–Crippen LogP) is 2.70. The second-order valence-corrected chi connectivity index (χ2v) is 5.41. The minimum atomic E-state index is -0.161. The van der Waals surface area contributed by atoms with E-state index in [1.54, 1.807) is 0 Å². The number of fused-ring (bicyclic) bond motifs is 1. The fraction of sp³-hybridized carbons (Fsp3) is 0.625. The molecule has 1 aromatic carbocycles. The molecular formula is C16H25NO2. The normalized spacial score (nSPS) is 14.3. The Morgan fingerprint density at radius 2 is 2.11 bits per heavy atom. The summed E-state index contributed by atoms with van der Waals surface area (Å²) in [6, 6.07) is 6.44. The average Bonchev–Trinajstić information content (AvgIpc) is 2.91. The number of benzene rings is 1. The Kier molecular flexibility index (Phi) is 4.83. The van der Waals surface area contributed by atoms with Crippen LogP contribution in [0.2, 0.25) is 0 Å². The van der Waals surface area contributed by atoms with Crippen LogP contribution in [-0.2, 0) is 17.6 Å². The van der Waals surface area contributed by atoms with Gasteiger partial charge in [0.05, 0.1) is 19.8 Å². The fourth-order valence-electron chi connectivity index (χ4n) is 2.31. The van der Waals surface area contributed by atoms with Gasteiger partial charge in [0.15, 0.2) is 0 Å². The van der Waals surface area contributed by atoms with E-state index in [1.165, 1.54) is 11.1 Å². The van der Waals surface area contributed by atoms with E-state index < -0.39 is 0 Å². The van der Waals surface area contributed by atoms with Crippen LogP contribution >= 0.6 is 0 Å². The van der Waals surface area contributed by atoms with Gasteiger partial charge < -0.3 is 15.2 Å². The summed E-state index contributed by atoms with van der Waals surface area (Å²) in [5.41, 5.74) is 8.69. The molecule has 0 saturated heterocycles. The van der Waals surface area contributed by atoms with Crippen LogP contribution in [0.5, 0.6) is 5.75 Å². The second-order valence-electron chi connectivity index (χ2n) is 5.41. The number of rotatable bonds is 7. The molecule has 0 amide bonds. The molecule has 3 heteroatoms. The van der Waals surface area contributed by atoms with Gasteiger partial charge in [0.25, 0.3) is 0 Å². The van der Waals surface area contributed by atoms with E-state index in [0.717, 1.165) is 44.6 Å². The van der Waals surface area contributed by atoms with Gasteiger partial charge in [0, 0.05) is 12.0 Å². The fourth-order valence-corrected chi connectivity index (χ4v) is 2.31. The first-order chi connectivity index (χ1) is 9.17. The van der Waals surface area contributed by atoms with Gasteiger partial charge in [-0.3, -0.25) is 0 Å². The maximum absolute atomic E-state index is 6.21. The molecule has 0 bridgehead atoms. The van der Waals surface area contributed by atoms with E-state index >= 15 is 0 Å². The van der Waals surface area contributed by atoms with Gasteiger partial charge in [0.1, 0.15) is 5.75 Å². The minimum absolute atomic E-state index is 0.161. The van der Waals surface area contributed by atoms with Gasteiger partial charge in [-0.25, -0.2) is 0 Å². The molecule has 1 aromatic rings. The molecule has 3 nitrogen and oxygen atoms in total. The molecule has 0 unspecified atom stereocenters. The topological polar surface area (TPSA) is 44.5 Å². The third kappa shape index (κ3) is 3.71. The van der Waals surface area contributed by atoms with Crippen molar-refractivity contribution in [3.63, 3.8) is 0 Å². The molecule has 0 aromatic heterocycles. The standard InChI is InChI=1S/C16H25NO2/c1-3-16(17,4-2)12-18-9-7-13-5-6-15-14(11-13)8-10-19-15/h5-6,11H,3-4,7-10,12,17H2,1-2H3. The molecule has 0 spiro atoms. The molecule has 2 N–H and O–H groups in total. The van der Waals surface area contributed by atoms with E-state index in [0.29, 0.717) is 6.61 Å². The summed E-state index contributed by atoms with van der Waals surface area (Å²) in [5, 5.41) is 0. The lowest BCUT2D eigenvalue weighted by molar-refractivity contribution is 0.0831. The van der Waals surface area contributed by atoms with Crippen LogP contribution < -0.4 is 10.5 Å². The number of nitrogens with two attached hydrogens (primary N) is 1. The molecule has 1 aliphatic heterocycles. The first kappa shape index (κ1) is 14.4. The summed E-state index contributed by atoms with van der Waals surface area (Å²) in [7, 11) is 0. The molecule has 19 heavy (non-hydrogen) atoms. The van der Waals surface area contributed by atoms with Crippen LogP contribution in [0.4, 0.5) is 0 Å². The lowest BCUT2D eigenvalue weighted by Gasteiger charge is -2.26. The number of hydrogen-bond acceptors (Lipinski definition) is 3. The Morgan fingerprint density at radius 1 is 1.32 bits per heavy atom. The first-order valence-corrected chi connectivity index (χ1v) is 7.28. The largest absolute Gasteiger partial charge is 0.493 e. The van der Waals surface area contributed by atoms with Gasteiger partial charge in [0.2, 0.25) is 0 Å². The van der Waals surface area contributed by atoms with Crippen molar-refractivity contribution >= 4 is 0 Å². The summed E-state index contributed by atoms with van der Waals surface area (Å²) in [6.07, 6.45) is 3.89. The van der Waals surface area contributed by atoms with Crippen LogP contribution in [0.15, 0.2) is 18.2 Å². The summed E-state index contributed by atoms with van der Waals surface area (Å²) < 4.78 is 11.3. The van der Waals surface area contributed by atoms with Crippen molar-refractivity contribution in [3.8, 4) is 5.75 Å². The maximum Gasteiger partial charge on any atom is 0.122 e. The third-order valence-electron chi connectivity index (χ3n) is 4.09. The SMILES string of the molecule is CCC(N)(CC)COCCc1ccc2c(c1)CCO2. The van der Waals surface area contributed by atoms with Gasteiger partial charge in [-0.05, 0) is 36.5 Å². The number of hydrogen-bond donors (Lipinski definition) is 1. The van der Waals surface area contributed by atoms with Crippen molar-refractivity contribution in [2.45, 2.75) is 45.1 Å². The zero-order valence-corrected chi connectivity index (χ0v) is 12.1. The second kappa shape index (κ2) is 6.40. The van der Waals surface area contributed by atoms with Crippen molar-refractivity contribution in [1.29, 1.82) is 0 Å². The first-order valence-electron chi connectivity index (χ1n) is 7.28.